The minimum atomic E-state index is -5.00. The molecule has 18 nitrogen and oxygen atoms in total. The molecule has 508 valence electrons. The Bertz CT molecular complexity index is 3730. The maximum atomic E-state index is 16.3. The predicted octanol–water partition coefficient (Wildman–Crippen LogP) is 17.8. The highest BCUT2D eigenvalue weighted by molar-refractivity contribution is 7.49. The summed E-state index contributed by atoms with van der Waals surface area (Å²) in [7, 11) is -14.8. The van der Waals surface area contributed by atoms with Crippen LogP contribution in [-0.2, 0) is 133 Å². The van der Waals surface area contributed by atoms with Gasteiger partial charge in [-0.25, -0.2) is 18.5 Å². The lowest BCUT2D eigenvalue weighted by atomic mass is 9.84. The van der Waals surface area contributed by atoms with E-state index in [4.69, 9.17) is 59.7 Å². The number of ether oxygens (including phenoxy) is 4. The Morgan fingerprint density at radius 2 is 0.495 bits per heavy atom. The van der Waals surface area contributed by atoms with Crippen molar-refractivity contribution in [2.75, 3.05) is 13.2 Å². The van der Waals surface area contributed by atoms with Gasteiger partial charge in [0.2, 0.25) is 0 Å². The number of nitrogens with one attached hydrogen (secondary N) is 1. The summed E-state index contributed by atoms with van der Waals surface area (Å²) < 4.78 is 136. The summed E-state index contributed by atoms with van der Waals surface area (Å²) in [5.41, 5.74) is 6.14. The molecule has 0 saturated heterocycles. The molecule has 1 aliphatic carbocycles. The highest BCUT2D eigenvalue weighted by atomic mass is 31.2. The number of carbonyl (C=O) groups is 1. The first-order valence-corrected chi connectivity index (χ1v) is 36.8. The predicted molar refractivity (Wildman–Crippen MR) is 368 cm³/mol. The number of rotatable bonds is 40. The zero-order valence-corrected chi connectivity index (χ0v) is 56.5. The summed E-state index contributed by atoms with van der Waals surface area (Å²) >= 11 is 0. The second kappa shape index (κ2) is 38.6. The van der Waals surface area contributed by atoms with Crippen molar-refractivity contribution in [3.05, 3.63) is 323 Å². The first-order valence-electron chi connectivity index (χ1n) is 32.4. The summed E-state index contributed by atoms with van der Waals surface area (Å²) in [5.74, 6) is 0. The Labute approximate surface area is 568 Å². The zero-order valence-electron chi connectivity index (χ0n) is 53.8. The van der Waals surface area contributed by atoms with Crippen LogP contribution in [0.5, 0.6) is 0 Å². The number of benzene rings is 9. The first kappa shape index (κ1) is 72.2. The minimum absolute atomic E-state index is 0.110. The molecule has 0 heterocycles. The Hall–Kier alpha value is -7.54. The summed E-state index contributed by atoms with van der Waals surface area (Å²) in [4.78, 5) is 12.6. The van der Waals surface area contributed by atoms with E-state index in [2.05, 4.69) is 5.32 Å². The van der Waals surface area contributed by atoms with Gasteiger partial charge in [-0.2, -0.15) is 0 Å². The maximum Gasteiger partial charge on any atom is 0.475 e. The molecule has 0 aromatic heterocycles. The zero-order chi connectivity index (χ0) is 67.1. The molecule has 9 aromatic rings. The molecule has 10 rings (SSSR count). The molecule has 1 fully saturated rings. The molecule has 0 spiro atoms. The van der Waals surface area contributed by atoms with Crippen LogP contribution in [0.2, 0.25) is 0 Å². The molecule has 1 unspecified atom stereocenters. The van der Waals surface area contributed by atoms with Crippen LogP contribution in [0.4, 0.5) is 4.79 Å². The summed E-state index contributed by atoms with van der Waals surface area (Å²) in [6, 6.07) is 82.8. The molecule has 1 aliphatic rings. The van der Waals surface area contributed by atoms with Crippen molar-refractivity contribution >= 4 is 29.6 Å². The SMILES string of the molecule is O=C(NCCCCCCOP(=O)(OCc1ccccc1)O[C@H]1[C@H](OCc2ccccc2)[C@@H](OCc2ccccc2)[C@H](OP(=O)(OCc2ccccc2)OCc2ccccc2)[C@@H](OP(=O)(OCc2ccccc2)OCc2ccccc2)[C@H]1OCc1ccccc1)OCc1ccccc1. The van der Waals surface area contributed by atoms with Crippen LogP contribution in [0, 0.1) is 0 Å². The van der Waals surface area contributed by atoms with Crippen molar-refractivity contribution in [1.82, 2.24) is 5.32 Å². The van der Waals surface area contributed by atoms with Gasteiger partial charge in [-0.3, -0.25) is 40.7 Å². The van der Waals surface area contributed by atoms with E-state index in [1.165, 1.54) is 0 Å². The lowest BCUT2D eigenvalue weighted by molar-refractivity contribution is -0.255. The number of carbonyl (C=O) groups excluding carboxylic acids is 1. The third kappa shape index (κ3) is 24.2. The molecule has 0 bridgehead atoms. The van der Waals surface area contributed by atoms with Gasteiger partial charge < -0.3 is 24.3 Å². The maximum absolute atomic E-state index is 16.3. The molecule has 97 heavy (non-hydrogen) atoms. The van der Waals surface area contributed by atoms with Crippen LogP contribution in [0.15, 0.2) is 273 Å². The van der Waals surface area contributed by atoms with Gasteiger partial charge in [0.15, 0.2) is 0 Å². The highest BCUT2D eigenvalue weighted by Crippen LogP contribution is 2.60. The third-order valence-corrected chi connectivity index (χ3v) is 19.7. The van der Waals surface area contributed by atoms with Crippen molar-refractivity contribution in [2.45, 2.75) is 122 Å². The van der Waals surface area contributed by atoms with Crippen molar-refractivity contribution in [3.63, 3.8) is 0 Å². The van der Waals surface area contributed by atoms with E-state index in [0.29, 0.717) is 71.2 Å². The molecule has 1 N–H and O–H groups in total. The number of phosphoric acid groups is 3. The van der Waals surface area contributed by atoms with Crippen LogP contribution >= 0.6 is 23.5 Å². The van der Waals surface area contributed by atoms with E-state index in [1.54, 1.807) is 48.5 Å². The molecular weight excluding hydrogens is 1290 g/mol. The van der Waals surface area contributed by atoms with E-state index in [9.17, 15) is 4.79 Å². The third-order valence-electron chi connectivity index (χ3n) is 15.5. The molecular formula is C76H82NO17P3. The largest absolute Gasteiger partial charge is 0.475 e. The Kier molecular flexibility index (Phi) is 28.7. The Balaban J connectivity index is 1.08. The quantitative estimate of drug-likeness (QED) is 0.0280. The number of phosphoric ester groups is 3. The molecule has 0 aliphatic heterocycles. The monoisotopic (exact) mass is 1370 g/mol. The summed E-state index contributed by atoms with van der Waals surface area (Å²) in [5, 5.41) is 2.81. The van der Waals surface area contributed by atoms with E-state index in [0.717, 1.165) is 11.1 Å². The summed E-state index contributed by atoms with van der Waals surface area (Å²) in [6.45, 7) is -1.33. The van der Waals surface area contributed by atoms with Gasteiger partial charge in [0.25, 0.3) is 0 Å². The van der Waals surface area contributed by atoms with E-state index in [1.807, 2.05) is 224 Å². The fraction of sp³-hybridized carbons (Fsp3) is 0.276. The van der Waals surface area contributed by atoms with E-state index in [-0.39, 0.29) is 66.1 Å². The van der Waals surface area contributed by atoms with Crippen LogP contribution < -0.4 is 5.32 Å². The van der Waals surface area contributed by atoms with E-state index >= 15 is 13.7 Å². The van der Waals surface area contributed by atoms with Crippen LogP contribution in [0.3, 0.4) is 0 Å². The standard InChI is InChI=1S/C76H82NO17P3/c78-76(85-55-64-38-18-6-19-39-64)77-50-30-1-2-31-51-86-95(79,87-56-65-40-20-7-21-41-65)92-73-70(82-52-61-32-12-3-13-33-61)71(83-53-62-34-14-4-15-35-62)74(93-96(80,88-57-66-42-22-8-23-43-66)89-58-67-44-24-9-25-45-67)75(72(73)84-54-63-36-16-5-17-37-63)94-97(81,90-59-68-46-26-10-27-47-68)91-60-69-48-28-11-29-49-69/h3-29,32-49,70-75H,1-2,30-31,50-60H2,(H,77,78)/t70-,71-,72+,73+,74+,75+,95?/m1/s1. The number of unbranched alkanes of at least 4 members (excludes halogenated alkanes) is 3. The number of alkyl carbamates (subject to hydrolysis) is 1. The molecule has 1 amide bonds. The van der Waals surface area contributed by atoms with Crippen molar-refractivity contribution in [2.24, 2.45) is 0 Å². The molecule has 21 heteroatoms. The second-order valence-corrected chi connectivity index (χ2v) is 27.7. The van der Waals surface area contributed by atoms with Gasteiger partial charge in [0.1, 0.15) is 43.2 Å². The number of hydrogen-bond donors (Lipinski definition) is 1. The number of hydrogen-bond acceptors (Lipinski definition) is 17. The van der Waals surface area contributed by atoms with Crippen molar-refractivity contribution in [3.8, 4) is 0 Å². The van der Waals surface area contributed by atoms with Crippen LogP contribution in [0.25, 0.3) is 0 Å². The van der Waals surface area contributed by atoms with Gasteiger partial charge in [-0.05, 0) is 62.9 Å². The van der Waals surface area contributed by atoms with Crippen molar-refractivity contribution in [1.29, 1.82) is 0 Å². The lowest BCUT2D eigenvalue weighted by Gasteiger charge is -2.50. The second-order valence-electron chi connectivity index (χ2n) is 22.9. The van der Waals surface area contributed by atoms with Gasteiger partial charge in [0, 0.05) is 6.54 Å². The average Bonchev–Trinajstić information content (AvgIpc) is 0.749. The molecule has 0 radical (unpaired) electrons. The fourth-order valence-corrected chi connectivity index (χ4v) is 14.5. The fourth-order valence-electron chi connectivity index (χ4n) is 10.5. The molecule has 7 atom stereocenters. The van der Waals surface area contributed by atoms with Gasteiger partial charge >= 0.3 is 29.6 Å². The molecule has 1 saturated carbocycles. The first-order chi connectivity index (χ1) is 47.5. The topological polar surface area (TPSA) is 200 Å². The smallest absolute Gasteiger partial charge is 0.445 e. The van der Waals surface area contributed by atoms with Crippen LogP contribution in [-0.4, -0.2) is 55.9 Å². The lowest BCUT2D eigenvalue weighted by Crippen LogP contribution is -2.67. The minimum Gasteiger partial charge on any atom is -0.445 e. The van der Waals surface area contributed by atoms with Gasteiger partial charge in [-0.1, -0.05) is 286 Å². The van der Waals surface area contributed by atoms with E-state index < -0.39 is 66.2 Å². The summed E-state index contributed by atoms with van der Waals surface area (Å²) in [6.07, 6.45) is -8.15. The normalized spacial score (nSPS) is 17.8. The van der Waals surface area contributed by atoms with Crippen LogP contribution in [0.1, 0.15) is 75.8 Å². The Morgan fingerprint density at radius 3 is 0.784 bits per heavy atom. The molecule has 9 aromatic carbocycles. The number of amides is 1. The highest BCUT2D eigenvalue weighted by Gasteiger charge is 2.61. The van der Waals surface area contributed by atoms with Crippen molar-refractivity contribution < 1.29 is 78.2 Å². The van der Waals surface area contributed by atoms with Gasteiger partial charge in [0.05, 0.1) is 59.5 Å². The Morgan fingerprint density at radius 1 is 0.268 bits per heavy atom. The van der Waals surface area contributed by atoms with Gasteiger partial charge in [-0.15, -0.1) is 0 Å². The average molecular weight is 1370 g/mol.